The van der Waals surface area contributed by atoms with Gasteiger partial charge in [0, 0.05) is 8.59 Å². The number of urea groups is 1. The maximum Gasteiger partial charge on any atom is 0.335 e. The third kappa shape index (κ3) is 5.49. The van der Waals surface area contributed by atoms with Crippen molar-refractivity contribution in [3.05, 3.63) is 91.5 Å². The highest BCUT2D eigenvalue weighted by Gasteiger charge is 2.37. The fourth-order valence-corrected chi connectivity index (χ4v) is 3.95. The van der Waals surface area contributed by atoms with Crippen LogP contribution in [0.5, 0.6) is 11.5 Å². The van der Waals surface area contributed by atoms with Gasteiger partial charge in [-0.2, -0.15) is 0 Å². The van der Waals surface area contributed by atoms with E-state index in [1.54, 1.807) is 37.3 Å². The van der Waals surface area contributed by atoms with Gasteiger partial charge in [-0.25, -0.2) is 9.69 Å². The molecule has 0 atom stereocenters. The van der Waals surface area contributed by atoms with E-state index < -0.39 is 17.8 Å². The van der Waals surface area contributed by atoms with Gasteiger partial charge in [-0.05, 0) is 88.7 Å². The van der Waals surface area contributed by atoms with Gasteiger partial charge in [0.15, 0.2) is 11.5 Å². The highest BCUT2D eigenvalue weighted by molar-refractivity contribution is 14.1. The van der Waals surface area contributed by atoms with Crippen molar-refractivity contribution in [1.29, 1.82) is 0 Å². The molecule has 7 nitrogen and oxygen atoms in total. The van der Waals surface area contributed by atoms with Crippen LogP contribution in [0.1, 0.15) is 16.7 Å². The van der Waals surface area contributed by atoms with E-state index in [0.717, 1.165) is 19.6 Å². The van der Waals surface area contributed by atoms with Gasteiger partial charge in [0.1, 0.15) is 12.2 Å². The molecule has 0 radical (unpaired) electrons. The molecule has 0 bridgehead atoms. The van der Waals surface area contributed by atoms with Crippen LogP contribution in [0.2, 0.25) is 5.02 Å². The number of rotatable bonds is 6. The number of ether oxygens (including phenoxy) is 2. The second-order valence-corrected chi connectivity index (χ2v) is 9.37. The maximum atomic E-state index is 13.1. The normalized spacial score (nSPS) is 14.8. The van der Waals surface area contributed by atoms with E-state index in [9.17, 15) is 14.4 Å². The number of barbiturate groups is 1. The number of aryl methyl sites for hydroxylation is 1. The standard InChI is InChI=1S/C26H20ClIN2O5/c1-15-3-9-19(13-21(15)27)30-25(32)20(24(31)29-26(30)33)11-17-6-10-22(23(12-17)34-2)35-14-16-4-7-18(28)8-5-16/h3-13H,14H2,1-2H3,(H,29,31,33)/b20-11-. The van der Waals surface area contributed by atoms with Crippen LogP contribution in [0.25, 0.3) is 6.08 Å². The van der Waals surface area contributed by atoms with Crippen molar-refractivity contribution in [3.8, 4) is 11.5 Å². The van der Waals surface area contributed by atoms with E-state index in [2.05, 4.69) is 27.9 Å². The Balaban J connectivity index is 1.59. The van der Waals surface area contributed by atoms with E-state index in [1.807, 2.05) is 24.3 Å². The SMILES string of the molecule is COc1cc(/C=C2/C(=O)NC(=O)N(c3ccc(C)c(Cl)c3)C2=O)ccc1OCc1ccc(I)cc1. The van der Waals surface area contributed by atoms with Crippen molar-refractivity contribution >= 4 is 63.8 Å². The summed E-state index contributed by atoms with van der Waals surface area (Å²) < 4.78 is 12.5. The van der Waals surface area contributed by atoms with E-state index in [-0.39, 0.29) is 11.3 Å². The molecular weight excluding hydrogens is 583 g/mol. The van der Waals surface area contributed by atoms with Crippen molar-refractivity contribution in [1.82, 2.24) is 5.32 Å². The third-order valence-electron chi connectivity index (χ3n) is 5.32. The van der Waals surface area contributed by atoms with Gasteiger partial charge in [0.25, 0.3) is 11.8 Å². The topological polar surface area (TPSA) is 84.9 Å². The lowest BCUT2D eigenvalue weighted by Gasteiger charge is -2.26. The lowest BCUT2D eigenvalue weighted by Crippen LogP contribution is -2.54. The van der Waals surface area contributed by atoms with E-state index >= 15 is 0 Å². The van der Waals surface area contributed by atoms with Gasteiger partial charge < -0.3 is 9.47 Å². The molecule has 0 aliphatic carbocycles. The molecule has 3 aromatic rings. The molecule has 1 fully saturated rings. The van der Waals surface area contributed by atoms with E-state index in [4.69, 9.17) is 21.1 Å². The van der Waals surface area contributed by atoms with Gasteiger partial charge in [-0.15, -0.1) is 0 Å². The van der Waals surface area contributed by atoms with Crippen molar-refractivity contribution in [2.45, 2.75) is 13.5 Å². The summed E-state index contributed by atoms with van der Waals surface area (Å²) >= 11 is 8.40. The zero-order valence-corrected chi connectivity index (χ0v) is 21.7. The van der Waals surface area contributed by atoms with Crippen LogP contribution < -0.4 is 19.7 Å². The first-order chi connectivity index (χ1) is 16.8. The van der Waals surface area contributed by atoms with Crippen molar-refractivity contribution in [2.75, 3.05) is 12.0 Å². The molecule has 1 aliphatic heterocycles. The Labute approximate surface area is 220 Å². The minimum atomic E-state index is -0.839. The number of methoxy groups -OCH3 is 1. The number of nitrogens with zero attached hydrogens (tertiary/aromatic N) is 1. The second kappa shape index (κ2) is 10.5. The summed E-state index contributed by atoms with van der Waals surface area (Å²) in [5, 5.41) is 2.60. The lowest BCUT2D eigenvalue weighted by molar-refractivity contribution is -0.122. The average molecular weight is 603 g/mol. The predicted molar refractivity (Wildman–Crippen MR) is 142 cm³/mol. The number of hydrogen-bond donors (Lipinski definition) is 1. The molecule has 3 aromatic carbocycles. The molecular formula is C26H20ClIN2O5. The highest BCUT2D eigenvalue weighted by Crippen LogP contribution is 2.31. The fraction of sp³-hybridized carbons (Fsp3) is 0.115. The van der Waals surface area contributed by atoms with Gasteiger partial charge in [-0.1, -0.05) is 35.9 Å². The number of benzene rings is 3. The summed E-state index contributed by atoms with van der Waals surface area (Å²) in [5.41, 5.74) is 2.39. The number of halogens is 2. The summed E-state index contributed by atoms with van der Waals surface area (Å²) in [4.78, 5) is 38.9. The number of nitrogens with one attached hydrogen (secondary N) is 1. The molecule has 1 N–H and O–H groups in total. The van der Waals surface area contributed by atoms with Crippen LogP contribution in [-0.4, -0.2) is 25.0 Å². The minimum Gasteiger partial charge on any atom is -0.493 e. The zero-order chi connectivity index (χ0) is 25.1. The largest absolute Gasteiger partial charge is 0.493 e. The summed E-state index contributed by atoms with van der Waals surface area (Å²) in [6, 6.07) is 17.0. The summed E-state index contributed by atoms with van der Waals surface area (Å²) in [7, 11) is 1.50. The van der Waals surface area contributed by atoms with Gasteiger partial charge >= 0.3 is 6.03 Å². The Morgan fingerprint density at radius 1 is 1.00 bits per heavy atom. The van der Waals surface area contributed by atoms with Crippen LogP contribution in [0.4, 0.5) is 10.5 Å². The molecule has 178 valence electrons. The Hall–Kier alpha value is -3.37. The van der Waals surface area contributed by atoms with E-state index in [1.165, 1.54) is 19.3 Å². The molecule has 1 aliphatic rings. The molecule has 4 rings (SSSR count). The van der Waals surface area contributed by atoms with Gasteiger partial charge in [0.05, 0.1) is 12.8 Å². The number of imide groups is 2. The summed E-state index contributed by atoms with van der Waals surface area (Å²) in [6.07, 6.45) is 1.40. The second-order valence-electron chi connectivity index (χ2n) is 7.72. The van der Waals surface area contributed by atoms with Crippen LogP contribution in [-0.2, 0) is 16.2 Å². The monoisotopic (exact) mass is 602 g/mol. The molecule has 0 unspecified atom stereocenters. The van der Waals surface area contributed by atoms with Crippen molar-refractivity contribution in [3.63, 3.8) is 0 Å². The minimum absolute atomic E-state index is 0.198. The molecule has 0 aromatic heterocycles. The van der Waals surface area contributed by atoms with Crippen LogP contribution >= 0.6 is 34.2 Å². The average Bonchev–Trinajstić information content (AvgIpc) is 2.83. The Kier molecular flexibility index (Phi) is 7.42. The Morgan fingerprint density at radius 3 is 2.43 bits per heavy atom. The molecule has 1 saturated heterocycles. The smallest absolute Gasteiger partial charge is 0.335 e. The third-order valence-corrected chi connectivity index (χ3v) is 6.45. The van der Waals surface area contributed by atoms with Gasteiger partial charge in [0.2, 0.25) is 0 Å². The molecule has 0 saturated carbocycles. The Morgan fingerprint density at radius 2 is 1.74 bits per heavy atom. The number of amides is 4. The molecule has 9 heteroatoms. The maximum absolute atomic E-state index is 13.1. The quantitative estimate of drug-likeness (QED) is 0.229. The molecule has 0 spiro atoms. The Bertz CT molecular complexity index is 1350. The molecule has 1 heterocycles. The van der Waals surface area contributed by atoms with Crippen molar-refractivity contribution in [2.24, 2.45) is 0 Å². The summed E-state index contributed by atoms with van der Waals surface area (Å²) in [6.45, 7) is 2.16. The predicted octanol–water partition coefficient (Wildman–Crippen LogP) is 5.51. The summed E-state index contributed by atoms with van der Waals surface area (Å²) in [5.74, 6) is -0.588. The van der Waals surface area contributed by atoms with Crippen LogP contribution in [0, 0.1) is 10.5 Å². The lowest BCUT2D eigenvalue weighted by atomic mass is 10.1. The van der Waals surface area contributed by atoms with E-state index in [0.29, 0.717) is 28.7 Å². The number of carbonyl (C=O) groups is 3. The highest BCUT2D eigenvalue weighted by atomic mass is 127. The molecule has 35 heavy (non-hydrogen) atoms. The van der Waals surface area contributed by atoms with Crippen LogP contribution in [0.15, 0.2) is 66.2 Å². The van der Waals surface area contributed by atoms with Gasteiger partial charge in [-0.3, -0.25) is 14.9 Å². The van der Waals surface area contributed by atoms with Crippen LogP contribution in [0.3, 0.4) is 0 Å². The zero-order valence-electron chi connectivity index (χ0n) is 18.8. The van der Waals surface area contributed by atoms with Crippen molar-refractivity contribution < 1.29 is 23.9 Å². The first-order valence-electron chi connectivity index (χ1n) is 10.5. The number of hydrogen-bond acceptors (Lipinski definition) is 5. The first kappa shape index (κ1) is 24.7. The number of carbonyl (C=O) groups excluding carboxylic acids is 3. The first-order valence-corrected chi connectivity index (χ1v) is 12.0. The fourth-order valence-electron chi connectivity index (χ4n) is 3.41. The number of anilines is 1. The molecule has 4 amide bonds.